The van der Waals surface area contributed by atoms with Crippen molar-refractivity contribution in [1.82, 2.24) is 14.7 Å². The van der Waals surface area contributed by atoms with Crippen molar-refractivity contribution < 1.29 is 14.0 Å². The lowest BCUT2D eigenvalue weighted by atomic mass is 9.97. The van der Waals surface area contributed by atoms with Crippen LogP contribution >= 0.6 is 0 Å². The van der Waals surface area contributed by atoms with E-state index in [0.717, 1.165) is 12.8 Å². The lowest BCUT2D eigenvalue weighted by Gasteiger charge is -2.41. The lowest BCUT2D eigenvalue weighted by molar-refractivity contribution is -0.138. The zero-order valence-corrected chi connectivity index (χ0v) is 15.7. The maximum Gasteiger partial charge on any atom is 0.253 e. The number of rotatable bonds is 3. The monoisotopic (exact) mass is 361 g/mol. The topological polar surface area (TPSA) is 43.9 Å². The minimum absolute atomic E-state index is 0.0748. The van der Waals surface area contributed by atoms with Crippen molar-refractivity contribution in [2.45, 2.75) is 45.2 Å². The Balaban J connectivity index is 1.51. The zero-order chi connectivity index (χ0) is 18.7. The number of hydrogen-bond acceptors (Lipinski definition) is 3. The van der Waals surface area contributed by atoms with E-state index in [-0.39, 0.29) is 17.6 Å². The largest absolute Gasteiger partial charge is 0.336 e. The summed E-state index contributed by atoms with van der Waals surface area (Å²) in [5.41, 5.74) is 0.506. The van der Waals surface area contributed by atoms with Gasteiger partial charge in [0, 0.05) is 43.8 Å². The number of carbonyl (C=O) groups excluding carboxylic acids is 2. The fourth-order valence-electron chi connectivity index (χ4n) is 4.07. The van der Waals surface area contributed by atoms with Crippen molar-refractivity contribution in [3.05, 3.63) is 35.6 Å². The maximum atomic E-state index is 13.0. The van der Waals surface area contributed by atoms with E-state index in [1.54, 1.807) is 4.90 Å². The molecule has 2 fully saturated rings. The molecule has 5 nitrogen and oxygen atoms in total. The number of benzene rings is 1. The van der Waals surface area contributed by atoms with Crippen LogP contribution in [0.4, 0.5) is 4.39 Å². The number of nitrogens with zero attached hydrogens (tertiary/aromatic N) is 3. The maximum absolute atomic E-state index is 13.0. The van der Waals surface area contributed by atoms with Crippen molar-refractivity contribution >= 4 is 11.8 Å². The minimum atomic E-state index is -0.342. The Morgan fingerprint density at radius 3 is 2.15 bits per heavy atom. The van der Waals surface area contributed by atoms with Gasteiger partial charge in [-0.25, -0.2) is 4.39 Å². The van der Waals surface area contributed by atoms with Gasteiger partial charge in [-0.3, -0.25) is 14.5 Å². The molecule has 2 unspecified atom stereocenters. The summed E-state index contributed by atoms with van der Waals surface area (Å²) in [6.07, 6.45) is 3.35. The molecule has 2 aliphatic heterocycles. The Hall–Kier alpha value is -1.95. The summed E-state index contributed by atoms with van der Waals surface area (Å²) in [6.45, 7) is 7.25. The van der Waals surface area contributed by atoms with Crippen LogP contribution in [0.1, 0.15) is 43.5 Å². The molecule has 0 radical (unpaired) electrons. The fraction of sp³-hybridized carbons (Fsp3) is 0.600. The normalized spacial score (nSPS) is 24.6. The molecule has 2 atom stereocenters. The van der Waals surface area contributed by atoms with Crippen molar-refractivity contribution in [2.24, 2.45) is 0 Å². The first kappa shape index (κ1) is 18.8. The Morgan fingerprint density at radius 1 is 1.00 bits per heavy atom. The van der Waals surface area contributed by atoms with Crippen molar-refractivity contribution in [2.75, 3.05) is 32.7 Å². The smallest absolute Gasteiger partial charge is 0.253 e. The van der Waals surface area contributed by atoms with Crippen LogP contribution in [-0.4, -0.2) is 71.3 Å². The highest BCUT2D eigenvalue weighted by atomic mass is 19.1. The molecule has 0 N–H and O–H groups in total. The Morgan fingerprint density at radius 2 is 1.58 bits per heavy atom. The van der Waals surface area contributed by atoms with E-state index in [4.69, 9.17) is 0 Å². The minimum Gasteiger partial charge on any atom is -0.336 e. The van der Waals surface area contributed by atoms with Gasteiger partial charge in [0.2, 0.25) is 5.91 Å². The summed E-state index contributed by atoms with van der Waals surface area (Å²) in [6, 6.07) is 6.28. The van der Waals surface area contributed by atoms with Gasteiger partial charge in [-0.15, -0.1) is 0 Å². The van der Waals surface area contributed by atoms with Crippen LogP contribution in [0.25, 0.3) is 0 Å². The third-order valence-electron chi connectivity index (χ3n) is 5.59. The molecule has 142 valence electrons. The van der Waals surface area contributed by atoms with Gasteiger partial charge >= 0.3 is 0 Å². The van der Waals surface area contributed by atoms with E-state index in [0.29, 0.717) is 50.4 Å². The molecule has 0 spiro atoms. The molecule has 3 rings (SSSR count). The second kappa shape index (κ2) is 8.16. The highest BCUT2D eigenvalue weighted by molar-refractivity contribution is 5.94. The number of carbonyl (C=O) groups is 2. The zero-order valence-electron chi connectivity index (χ0n) is 15.7. The molecule has 0 aromatic heterocycles. The van der Waals surface area contributed by atoms with Crippen LogP contribution < -0.4 is 0 Å². The number of likely N-dealkylation sites (tertiary alicyclic amines) is 1. The number of piperazine rings is 1. The molecule has 2 amide bonds. The van der Waals surface area contributed by atoms with Crippen LogP contribution in [0, 0.1) is 5.82 Å². The van der Waals surface area contributed by atoms with Crippen LogP contribution in [0.15, 0.2) is 24.3 Å². The van der Waals surface area contributed by atoms with E-state index in [9.17, 15) is 14.0 Å². The van der Waals surface area contributed by atoms with Gasteiger partial charge in [0.15, 0.2) is 0 Å². The SMILES string of the molecule is CC1CCCC(C)N1C(=O)CN1CCN(C(=O)c2ccc(F)cc2)CC1. The molecule has 0 aliphatic carbocycles. The summed E-state index contributed by atoms with van der Waals surface area (Å²) < 4.78 is 13.0. The molecule has 1 aromatic carbocycles. The third kappa shape index (κ3) is 4.23. The van der Waals surface area contributed by atoms with Gasteiger partial charge < -0.3 is 9.80 Å². The summed E-state index contributed by atoms with van der Waals surface area (Å²) in [5, 5.41) is 0. The van der Waals surface area contributed by atoms with Crippen molar-refractivity contribution in [1.29, 1.82) is 0 Å². The molecule has 2 saturated heterocycles. The number of amides is 2. The molecule has 0 bridgehead atoms. The number of hydrogen-bond donors (Lipinski definition) is 0. The molecular formula is C20H28FN3O2. The summed E-state index contributed by atoms with van der Waals surface area (Å²) in [5.74, 6) is -0.219. The van der Waals surface area contributed by atoms with E-state index in [2.05, 4.69) is 18.7 Å². The predicted molar refractivity (Wildman–Crippen MR) is 98.4 cm³/mol. The average molecular weight is 361 g/mol. The Bertz CT molecular complexity index is 631. The molecule has 26 heavy (non-hydrogen) atoms. The van der Waals surface area contributed by atoms with E-state index < -0.39 is 0 Å². The predicted octanol–water partition coefficient (Wildman–Crippen LogP) is 2.37. The van der Waals surface area contributed by atoms with Crippen molar-refractivity contribution in [3.63, 3.8) is 0 Å². The van der Waals surface area contributed by atoms with E-state index in [1.807, 2.05) is 4.90 Å². The van der Waals surface area contributed by atoms with Gasteiger partial charge in [0.1, 0.15) is 5.82 Å². The lowest BCUT2D eigenvalue weighted by Crippen LogP contribution is -2.54. The molecule has 0 saturated carbocycles. The molecule has 6 heteroatoms. The van der Waals surface area contributed by atoms with Crippen LogP contribution in [0.5, 0.6) is 0 Å². The highest BCUT2D eigenvalue weighted by Crippen LogP contribution is 2.23. The summed E-state index contributed by atoms with van der Waals surface area (Å²) in [7, 11) is 0. The van der Waals surface area contributed by atoms with Gasteiger partial charge in [-0.05, 0) is 57.4 Å². The van der Waals surface area contributed by atoms with E-state index in [1.165, 1.54) is 30.7 Å². The first-order valence-corrected chi connectivity index (χ1v) is 9.54. The standard InChI is InChI=1S/C20H28FN3O2/c1-15-4-3-5-16(2)24(15)19(25)14-22-10-12-23(13-11-22)20(26)17-6-8-18(21)9-7-17/h6-9,15-16H,3-5,10-14H2,1-2H3. The average Bonchev–Trinajstić information content (AvgIpc) is 2.62. The Labute approximate surface area is 154 Å². The molecule has 2 aliphatic rings. The second-order valence-corrected chi connectivity index (χ2v) is 7.51. The van der Waals surface area contributed by atoms with E-state index >= 15 is 0 Å². The van der Waals surface area contributed by atoms with Crippen molar-refractivity contribution in [3.8, 4) is 0 Å². The van der Waals surface area contributed by atoms with Crippen LogP contribution in [0.3, 0.4) is 0 Å². The van der Waals surface area contributed by atoms with Crippen LogP contribution in [-0.2, 0) is 4.79 Å². The Kier molecular flexibility index (Phi) is 5.91. The fourth-order valence-corrected chi connectivity index (χ4v) is 4.07. The first-order chi connectivity index (χ1) is 12.5. The quantitative estimate of drug-likeness (QED) is 0.830. The van der Waals surface area contributed by atoms with Gasteiger partial charge in [0.05, 0.1) is 6.54 Å². The third-order valence-corrected chi connectivity index (χ3v) is 5.59. The highest BCUT2D eigenvalue weighted by Gasteiger charge is 2.31. The number of piperidine rings is 1. The summed E-state index contributed by atoms with van der Waals surface area (Å²) >= 11 is 0. The summed E-state index contributed by atoms with van der Waals surface area (Å²) in [4.78, 5) is 31.2. The second-order valence-electron chi connectivity index (χ2n) is 7.51. The van der Waals surface area contributed by atoms with Gasteiger partial charge in [-0.2, -0.15) is 0 Å². The molecule has 1 aromatic rings. The van der Waals surface area contributed by atoms with Gasteiger partial charge in [0.25, 0.3) is 5.91 Å². The molecule has 2 heterocycles. The first-order valence-electron chi connectivity index (χ1n) is 9.54. The molecular weight excluding hydrogens is 333 g/mol. The van der Waals surface area contributed by atoms with Crippen LogP contribution in [0.2, 0.25) is 0 Å². The number of halogens is 1. The van der Waals surface area contributed by atoms with Gasteiger partial charge in [-0.1, -0.05) is 0 Å².